The molecule has 0 aliphatic carbocycles. The number of hydrogen-bond acceptors (Lipinski definition) is 4. The highest BCUT2D eigenvalue weighted by atomic mass is 16.5. The molecule has 0 unspecified atom stereocenters. The number of furan rings is 1. The first-order valence-electron chi connectivity index (χ1n) is 10.6. The number of likely N-dealkylation sites (tertiary alicyclic amines) is 1. The van der Waals surface area contributed by atoms with Crippen molar-refractivity contribution >= 4 is 11.6 Å². The summed E-state index contributed by atoms with van der Waals surface area (Å²) in [4.78, 5) is 15.0. The Morgan fingerprint density at radius 1 is 1.00 bits per heavy atom. The topological polar surface area (TPSA) is 54.7 Å². The van der Waals surface area contributed by atoms with Crippen molar-refractivity contribution in [3.63, 3.8) is 0 Å². The van der Waals surface area contributed by atoms with Gasteiger partial charge in [0, 0.05) is 12.2 Å². The minimum atomic E-state index is -0.263. The van der Waals surface area contributed by atoms with Gasteiger partial charge in [-0.2, -0.15) is 0 Å². The second-order valence-corrected chi connectivity index (χ2v) is 7.81. The molecule has 1 aliphatic heterocycles. The Kier molecular flexibility index (Phi) is 6.50. The predicted molar refractivity (Wildman–Crippen MR) is 118 cm³/mol. The second-order valence-electron chi connectivity index (χ2n) is 7.81. The first kappa shape index (κ1) is 20.2. The number of carbonyl (C=O) groups excluding carboxylic acids is 1. The third-order valence-corrected chi connectivity index (χ3v) is 5.42. The van der Waals surface area contributed by atoms with E-state index in [1.54, 1.807) is 12.1 Å². The van der Waals surface area contributed by atoms with E-state index in [1.807, 2.05) is 43.3 Å². The van der Waals surface area contributed by atoms with Crippen molar-refractivity contribution < 1.29 is 13.9 Å². The largest absolute Gasteiger partial charge is 0.485 e. The maximum Gasteiger partial charge on any atom is 0.291 e. The molecule has 1 N–H and O–H groups in total. The van der Waals surface area contributed by atoms with Gasteiger partial charge in [-0.15, -0.1) is 0 Å². The summed E-state index contributed by atoms with van der Waals surface area (Å²) in [5.74, 6) is 1.43. The zero-order valence-electron chi connectivity index (χ0n) is 17.4. The summed E-state index contributed by atoms with van der Waals surface area (Å²) < 4.78 is 11.4. The van der Waals surface area contributed by atoms with Gasteiger partial charge >= 0.3 is 0 Å². The summed E-state index contributed by atoms with van der Waals surface area (Å²) in [6.07, 6.45) is 3.92. The Hall–Kier alpha value is -3.05. The smallest absolute Gasteiger partial charge is 0.291 e. The Morgan fingerprint density at radius 2 is 1.77 bits per heavy atom. The van der Waals surface area contributed by atoms with E-state index in [1.165, 1.54) is 37.9 Å². The van der Waals surface area contributed by atoms with Crippen molar-refractivity contribution in [1.29, 1.82) is 0 Å². The van der Waals surface area contributed by atoms with Crippen molar-refractivity contribution in [3.05, 3.63) is 83.3 Å². The lowest BCUT2D eigenvalue weighted by Crippen LogP contribution is -2.29. The number of amides is 1. The number of rotatable bonds is 7. The molecule has 1 aliphatic rings. The van der Waals surface area contributed by atoms with E-state index in [2.05, 4.69) is 22.3 Å². The van der Waals surface area contributed by atoms with Crippen LogP contribution in [-0.2, 0) is 13.2 Å². The monoisotopic (exact) mass is 404 g/mol. The SMILES string of the molecule is Cc1ccccc1OCc1ccc(C(=O)Nc2ccc(CN3CCCCC3)cc2)o1. The second kappa shape index (κ2) is 9.63. The third kappa shape index (κ3) is 5.30. The molecule has 3 aromatic rings. The van der Waals surface area contributed by atoms with Crippen LogP contribution in [0.3, 0.4) is 0 Å². The number of para-hydroxylation sites is 1. The van der Waals surface area contributed by atoms with Gasteiger partial charge < -0.3 is 14.5 Å². The number of anilines is 1. The van der Waals surface area contributed by atoms with Crippen LogP contribution in [0.1, 0.15) is 46.7 Å². The third-order valence-electron chi connectivity index (χ3n) is 5.42. The number of aryl methyl sites for hydroxylation is 1. The fourth-order valence-corrected chi connectivity index (χ4v) is 3.71. The molecule has 4 rings (SSSR count). The summed E-state index contributed by atoms with van der Waals surface area (Å²) in [6, 6.07) is 19.3. The van der Waals surface area contributed by atoms with E-state index in [9.17, 15) is 4.79 Å². The van der Waals surface area contributed by atoms with Crippen molar-refractivity contribution in [2.75, 3.05) is 18.4 Å². The molecule has 1 aromatic heterocycles. The van der Waals surface area contributed by atoms with Gasteiger partial charge in [-0.05, 0) is 74.3 Å². The van der Waals surface area contributed by atoms with Gasteiger partial charge in [-0.3, -0.25) is 9.69 Å². The molecule has 5 nitrogen and oxygen atoms in total. The van der Waals surface area contributed by atoms with Crippen molar-refractivity contribution in [3.8, 4) is 5.75 Å². The molecule has 0 radical (unpaired) electrons. The fraction of sp³-hybridized carbons (Fsp3) is 0.320. The van der Waals surface area contributed by atoms with Crippen LogP contribution in [0.4, 0.5) is 5.69 Å². The lowest BCUT2D eigenvalue weighted by Gasteiger charge is -2.26. The first-order valence-corrected chi connectivity index (χ1v) is 10.6. The van der Waals surface area contributed by atoms with E-state index in [0.29, 0.717) is 5.76 Å². The van der Waals surface area contributed by atoms with Crippen LogP contribution in [-0.4, -0.2) is 23.9 Å². The number of ether oxygens (including phenoxy) is 1. The van der Waals surface area contributed by atoms with Crippen molar-refractivity contribution in [2.24, 2.45) is 0 Å². The highest BCUT2D eigenvalue weighted by Crippen LogP contribution is 2.20. The number of carbonyl (C=O) groups is 1. The normalized spacial score (nSPS) is 14.4. The summed E-state index contributed by atoms with van der Waals surface area (Å²) in [7, 11) is 0. The summed E-state index contributed by atoms with van der Waals surface area (Å²) >= 11 is 0. The number of nitrogens with zero attached hydrogens (tertiary/aromatic N) is 1. The van der Waals surface area contributed by atoms with Gasteiger partial charge in [0.1, 0.15) is 18.1 Å². The van der Waals surface area contributed by atoms with Crippen molar-refractivity contribution in [2.45, 2.75) is 39.3 Å². The zero-order chi connectivity index (χ0) is 20.8. The average molecular weight is 405 g/mol. The average Bonchev–Trinajstić information content (AvgIpc) is 3.25. The quantitative estimate of drug-likeness (QED) is 0.572. The van der Waals surface area contributed by atoms with E-state index in [-0.39, 0.29) is 18.3 Å². The first-order chi connectivity index (χ1) is 14.7. The molecule has 156 valence electrons. The Balaban J connectivity index is 1.30. The number of benzene rings is 2. The van der Waals surface area contributed by atoms with Crippen LogP contribution in [0, 0.1) is 6.92 Å². The van der Waals surface area contributed by atoms with Crippen molar-refractivity contribution in [1.82, 2.24) is 4.90 Å². The van der Waals surface area contributed by atoms with Gasteiger partial charge in [-0.25, -0.2) is 0 Å². The van der Waals surface area contributed by atoms with Crippen LogP contribution >= 0.6 is 0 Å². The minimum Gasteiger partial charge on any atom is -0.485 e. The summed E-state index contributed by atoms with van der Waals surface area (Å²) in [6.45, 7) is 5.59. The minimum absolute atomic E-state index is 0.263. The van der Waals surface area contributed by atoms with E-state index in [4.69, 9.17) is 9.15 Å². The number of piperidine rings is 1. The van der Waals surface area contributed by atoms with E-state index in [0.717, 1.165) is 23.5 Å². The van der Waals surface area contributed by atoms with Gasteiger partial charge in [0.15, 0.2) is 5.76 Å². The van der Waals surface area contributed by atoms with Gasteiger partial charge in [0.2, 0.25) is 0 Å². The van der Waals surface area contributed by atoms with Crippen LogP contribution in [0.5, 0.6) is 5.75 Å². The molecule has 2 aromatic carbocycles. The molecule has 1 amide bonds. The molecule has 0 saturated carbocycles. The number of nitrogens with one attached hydrogen (secondary N) is 1. The summed E-state index contributed by atoms with van der Waals surface area (Å²) in [5, 5.41) is 2.90. The molecule has 1 fully saturated rings. The molecule has 5 heteroatoms. The van der Waals surface area contributed by atoms with Crippen LogP contribution < -0.4 is 10.1 Å². The molecule has 30 heavy (non-hydrogen) atoms. The predicted octanol–water partition coefficient (Wildman–Crippen LogP) is 5.41. The van der Waals surface area contributed by atoms with Gasteiger partial charge in [0.05, 0.1) is 0 Å². The van der Waals surface area contributed by atoms with Crippen LogP contribution in [0.2, 0.25) is 0 Å². The zero-order valence-corrected chi connectivity index (χ0v) is 17.4. The van der Waals surface area contributed by atoms with E-state index < -0.39 is 0 Å². The molecular formula is C25H28N2O3. The maximum absolute atomic E-state index is 12.5. The van der Waals surface area contributed by atoms with Gasteiger partial charge in [-0.1, -0.05) is 36.8 Å². The Labute approximate surface area is 177 Å². The highest BCUT2D eigenvalue weighted by Gasteiger charge is 2.13. The fourth-order valence-electron chi connectivity index (χ4n) is 3.71. The highest BCUT2D eigenvalue weighted by molar-refractivity contribution is 6.02. The van der Waals surface area contributed by atoms with Crippen LogP contribution in [0.25, 0.3) is 0 Å². The van der Waals surface area contributed by atoms with Crippen LogP contribution in [0.15, 0.2) is 65.1 Å². The lowest BCUT2D eigenvalue weighted by atomic mass is 10.1. The van der Waals surface area contributed by atoms with E-state index >= 15 is 0 Å². The molecule has 1 saturated heterocycles. The standard InChI is InChI=1S/C25H28N2O3/c1-19-7-3-4-8-23(19)29-18-22-13-14-24(30-22)25(28)26-21-11-9-20(10-12-21)17-27-15-5-2-6-16-27/h3-4,7-14H,2,5-6,15-18H2,1H3,(H,26,28). The Morgan fingerprint density at radius 3 is 2.53 bits per heavy atom. The molecule has 0 atom stereocenters. The maximum atomic E-state index is 12.5. The van der Waals surface area contributed by atoms with Gasteiger partial charge in [0.25, 0.3) is 5.91 Å². The number of hydrogen-bond donors (Lipinski definition) is 1. The molecular weight excluding hydrogens is 376 g/mol. The Bertz CT molecular complexity index is 972. The molecule has 0 bridgehead atoms. The molecule has 0 spiro atoms. The molecule has 2 heterocycles. The lowest BCUT2D eigenvalue weighted by molar-refractivity contribution is 0.0992. The summed E-state index contributed by atoms with van der Waals surface area (Å²) in [5.41, 5.74) is 3.09.